The van der Waals surface area contributed by atoms with Crippen LogP contribution in [-0.2, 0) is 22.2 Å². The number of likely N-dealkylation sites (tertiary alicyclic amines) is 2. The normalized spacial score (nSPS) is 23.5. The number of aliphatic hydroxyl groups excluding tert-OH is 1. The first kappa shape index (κ1) is 51.8. The van der Waals surface area contributed by atoms with Crippen molar-refractivity contribution < 1.29 is 51.3 Å². The molecule has 396 valence electrons. The topological polar surface area (TPSA) is 185 Å². The second-order valence-electron chi connectivity index (χ2n) is 20.4. The summed E-state index contributed by atoms with van der Waals surface area (Å²) in [7, 11) is 1.55. The summed E-state index contributed by atoms with van der Waals surface area (Å²) in [6.45, 7) is 4.52. The molecule has 3 saturated heterocycles. The molecule has 15 nitrogen and oxygen atoms in total. The van der Waals surface area contributed by atoms with Gasteiger partial charge in [0.15, 0.2) is 28.8 Å². The highest BCUT2D eigenvalue weighted by Crippen LogP contribution is 2.57. The van der Waals surface area contributed by atoms with E-state index < -0.39 is 64.3 Å². The molecule has 1 saturated carbocycles. The standard InChI is InChI=1S/C55H59ClF4N8O7/c1-30-43-41(27-39(58)47(56)46(43)45-36(51(61)71)12-13-40(48(45)59)74-25-24-69)75-55(30,34-6-4-3-5-7-34)18-19-62-35-10-8-32(9-11-35)53(72)67-21-14-31(15-22-67)28-66-20-16-33(29-66)44-38(57)26-37-50(49(44)60)65(2)64-52(37)68-23-17-42(70)63-54(68)73/h3-7,12-13,18-19,26-27,30-33,35,62,69H,8-11,14-17,20-25,28-29H2,1-2H3,(H2,61,71)(H,63,70,73)/b19-18-/t30?,32?,33-,35?,55-/m0/s1. The van der Waals surface area contributed by atoms with Crippen LogP contribution in [0.1, 0.15) is 97.2 Å². The van der Waals surface area contributed by atoms with Crippen LogP contribution < -0.4 is 30.7 Å². The Morgan fingerprint density at radius 2 is 1.69 bits per heavy atom. The molecule has 10 rings (SSSR count). The van der Waals surface area contributed by atoms with Crippen molar-refractivity contribution in [2.75, 3.05) is 57.4 Å². The van der Waals surface area contributed by atoms with Crippen molar-refractivity contribution in [3.8, 4) is 22.6 Å². The number of nitrogens with one attached hydrogen (secondary N) is 2. The van der Waals surface area contributed by atoms with E-state index in [0.29, 0.717) is 56.9 Å². The van der Waals surface area contributed by atoms with Crippen molar-refractivity contribution in [2.45, 2.75) is 81.8 Å². The minimum atomic E-state index is -1.25. The third kappa shape index (κ3) is 9.67. The molecular formula is C55H59ClF4N8O7. The van der Waals surface area contributed by atoms with Gasteiger partial charge in [0.25, 0.3) is 0 Å². The van der Waals surface area contributed by atoms with Gasteiger partial charge in [-0.2, -0.15) is 5.10 Å². The van der Waals surface area contributed by atoms with Crippen LogP contribution in [0.5, 0.6) is 11.5 Å². The number of ether oxygens (including phenoxy) is 2. The summed E-state index contributed by atoms with van der Waals surface area (Å²) in [5.74, 6) is -5.35. The second kappa shape index (κ2) is 21.1. The Balaban J connectivity index is 0.751. The first-order valence-electron chi connectivity index (χ1n) is 25.6. The van der Waals surface area contributed by atoms with Gasteiger partial charge in [-0.05, 0) is 93.4 Å². The summed E-state index contributed by atoms with van der Waals surface area (Å²) in [4.78, 5) is 56.4. The number of benzene rings is 4. The summed E-state index contributed by atoms with van der Waals surface area (Å²) in [5, 5.41) is 19.2. The Hall–Kier alpha value is -6.70. The van der Waals surface area contributed by atoms with Gasteiger partial charge in [-0.25, -0.2) is 22.4 Å². The highest BCUT2D eigenvalue weighted by atomic mass is 35.5. The minimum absolute atomic E-state index is 0.0168. The van der Waals surface area contributed by atoms with Crippen molar-refractivity contribution in [1.29, 1.82) is 0 Å². The van der Waals surface area contributed by atoms with E-state index in [1.807, 2.05) is 54.4 Å². The predicted octanol–water partition coefficient (Wildman–Crippen LogP) is 8.15. The van der Waals surface area contributed by atoms with Gasteiger partial charge in [0.1, 0.15) is 29.5 Å². The molecule has 5 aromatic rings. The van der Waals surface area contributed by atoms with Gasteiger partial charge >= 0.3 is 6.03 Å². The second-order valence-corrected chi connectivity index (χ2v) is 20.8. The van der Waals surface area contributed by atoms with E-state index in [4.69, 9.17) is 26.8 Å². The van der Waals surface area contributed by atoms with Crippen LogP contribution >= 0.6 is 11.6 Å². The smallest absolute Gasteiger partial charge is 0.329 e. The number of piperidine rings is 1. The van der Waals surface area contributed by atoms with E-state index >= 15 is 17.6 Å². The lowest BCUT2D eigenvalue weighted by Gasteiger charge is -2.37. The van der Waals surface area contributed by atoms with E-state index in [1.54, 1.807) is 7.05 Å². The van der Waals surface area contributed by atoms with E-state index in [1.165, 1.54) is 27.8 Å². The minimum Gasteiger partial charge on any atom is -0.488 e. The molecule has 20 heteroatoms. The first-order valence-corrected chi connectivity index (χ1v) is 26.0. The van der Waals surface area contributed by atoms with Gasteiger partial charge in [0.05, 0.1) is 22.6 Å². The lowest BCUT2D eigenvalue weighted by Crippen LogP contribution is -2.49. The first-order chi connectivity index (χ1) is 36.1. The predicted molar refractivity (Wildman–Crippen MR) is 272 cm³/mol. The van der Waals surface area contributed by atoms with Crippen molar-refractivity contribution in [3.05, 3.63) is 117 Å². The van der Waals surface area contributed by atoms with Crippen LogP contribution in [0.3, 0.4) is 0 Å². The van der Waals surface area contributed by atoms with Crippen LogP contribution in [-0.4, -0.2) is 107 Å². The number of halogens is 5. The zero-order valence-electron chi connectivity index (χ0n) is 41.7. The molecule has 75 heavy (non-hydrogen) atoms. The van der Waals surface area contributed by atoms with Crippen molar-refractivity contribution in [1.82, 2.24) is 30.2 Å². The average molecular weight is 1060 g/mol. The molecule has 4 aromatic carbocycles. The fourth-order valence-electron chi connectivity index (χ4n) is 12.1. The Morgan fingerprint density at radius 1 is 0.947 bits per heavy atom. The molecule has 1 aliphatic carbocycles. The largest absolute Gasteiger partial charge is 0.488 e. The highest BCUT2D eigenvalue weighted by Gasteiger charge is 2.49. The molecule has 1 unspecified atom stereocenters. The molecule has 3 atom stereocenters. The Labute approximate surface area is 435 Å². The van der Waals surface area contributed by atoms with Gasteiger partial charge in [-0.1, -0.05) is 48.9 Å². The van der Waals surface area contributed by atoms with Gasteiger partial charge in [-0.15, -0.1) is 0 Å². The lowest BCUT2D eigenvalue weighted by atomic mass is 9.77. The maximum absolute atomic E-state index is 16.4. The summed E-state index contributed by atoms with van der Waals surface area (Å²) in [5.41, 5.74) is 5.02. The zero-order chi connectivity index (χ0) is 52.9. The van der Waals surface area contributed by atoms with Gasteiger partial charge in [-0.3, -0.25) is 29.3 Å². The van der Waals surface area contributed by atoms with Gasteiger partial charge in [0, 0.05) is 98.3 Å². The molecule has 5 aliphatic rings. The highest BCUT2D eigenvalue weighted by molar-refractivity contribution is 6.34. The number of aliphatic hydroxyl groups is 1. The number of carbonyl (C=O) groups is 4. The fraction of sp³-hybridized carbons (Fsp3) is 0.436. The molecule has 5 heterocycles. The van der Waals surface area contributed by atoms with Crippen LogP contribution in [0, 0.1) is 35.1 Å². The van der Waals surface area contributed by atoms with Crippen molar-refractivity contribution >= 4 is 52.1 Å². The lowest BCUT2D eigenvalue weighted by molar-refractivity contribution is -0.138. The number of aryl methyl sites for hydroxylation is 1. The maximum atomic E-state index is 16.4. The number of primary amides is 1. The molecule has 5 N–H and O–H groups in total. The molecule has 0 radical (unpaired) electrons. The van der Waals surface area contributed by atoms with E-state index in [2.05, 4.69) is 20.6 Å². The summed E-state index contributed by atoms with van der Waals surface area (Å²) in [6, 6.07) is 13.6. The van der Waals surface area contributed by atoms with E-state index in [-0.39, 0.29) is 93.8 Å². The quantitative estimate of drug-likeness (QED) is 0.0792. The number of amides is 5. The third-order valence-corrected chi connectivity index (χ3v) is 16.4. The van der Waals surface area contributed by atoms with Crippen LogP contribution in [0.2, 0.25) is 5.02 Å². The van der Waals surface area contributed by atoms with Crippen molar-refractivity contribution in [2.24, 2.45) is 24.6 Å². The number of hydrogen-bond donors (Lipinski definition) is 4. The van der Waals surface area contributed by atoms with Crippen LogP contribution in [0.4, 0.5) is 28.2 Å². The molecule has 5 amide bonds. The van der Waals surface area contributed by atoms with Gasteiger partial charge < -0.3 is 35.4 Å². The van der Waals surface area contributed by atoms with E-state index in [9.17, 15) is 24.3 Å². The zero-order valence-corrected chi connectivity index (χ0v) is 42.4. The molecule has 0 spiro atoms. The number of carbonyl (C=O) groups excluding carboxylic acids is 4. The Morgan fingerprint density at radius 3 is 2.40 bits per heavy atom. The number of rotatable bonds is 14. The number of fused-ring (bicyclic) bond motifs is 2. The van der Waals surface area contributed by atoms with E-state index in [0.717, 1.165) is 43.9 Å². The monoisotopic (exact) mass is 1050 g/mol. The summed E-state index contributed by atoms with van der Waals surface area (Å²) in [6.07, 6.45) is 8.85. The third-order valence-electron chi connectivity index (χ3n) is 16.0. The summed E-state index contributed by atoms with van der Waals surface area (Å²) < 4.78 is 77.9. The average Bonchev–Trinajstić information content (AvgIpc) is 4.07. The number of nitrogens with zero attached hydrogens (tertiary/aromatic N) is 5. The van der Waals surface area contributed by atoms with Crippen molar-refractivity contribution in [3.63, 3.8) is 0 Å². The fourth-order valence-corrected chi connectivity index (χ4v) is 12.4. The van der Waals surface area contributed by atoms with Crippen LogP contribution in [0.25, 0.3) is 22.0 Å². The number of urea groups is 1. The molecule has 4 aliphatic heterocycles. The number of hydrogen-bond acceptors (Lipinski definition) is 10. The number of aromatic nitrogens is 2. The summed E-state index contributed by atoms with van der Waals surface area (Å²) >= 11 is 6.69. The number of imide groups is 1. The molecular weight excluding hydrogens is 996 g/mol. The van der Waals surface area contributed by atoms with Crippen LogP contribution in [0.15, 0.2) is 66.9 Å². The molecule has 0 bridgehead atoms. The maximum Gasteiger partial charge on any atom is 0.329 e. The Bertz CT molecular complexity index is 3090. The number of nitrogens with two attached hydrogens (primary N) is 1. The Kier molecular flexibility index (Phi) is 14.6. The molecule has 4 fully saturated rings. The SMILES string of the molecule is CC1c2c(cc(F)c(Cl)c2-c2c(C(N)=O)ccc(OCCO)c2F)O[C@]1(/C=C\NC1CCC(C(=O)N2CCC(CN3CC[C@H](c4c(F)cc5c(N6CCC(=O)NC6=O)nn(C)c5c4F)C3)CC2)CC1)c1ccccc1. The number of anilines is 1. The van der Waals surface area contributed by atoms with Gasteiger partial charge in [0.2, 0.25) is 17.7 Å². The molecule has 1 aromatic heterocycles.